The topological polar surface area (TPSA) is 88.3 Å². The van der Waals surface area contributed by atoms with Gasteiger partial charge in [-0.2, -0.15) is 0 Å². The Morgan fingerprint density at radius 2 is 1.77 bits per heavy atom. The summed E-state index contributed by atoms with van der Waals surface area (Å²) in [6.07, 6.45) is 7.97. The lowest BCUT2D eigenvalue weighted by molar-refractivity contribution is 0.0966. The van der Waals surface area contributed by atoms with Gasteiger partial charge in [0.05, 0.1) is 34.5 Å². The maximum absolute atomic E-state index is 13.1. The molecule has 3 aliphatic rings. The summed E-state index contributed by atoms with van der Waals surface area (Å²) < 4.78 is 0. The summed E-state index contributed by atoms with van der Waals surface area (Å²) in [5, 5.41) is 11.1. The molecule has 0 spiro atoms. The molecule has 5 heterocycles. The molecule has 2 aromatic carbocycles. The quantitative estimate of drug-likeness (QED) is 0.319. The number of H-pyrrole nitrogens is 1. The number of para-hydroxylation sites is 1. The number of hydrogen-bond donors (Lipinski definition) is 4. The van der Waals surface area contributed by atoms with Gasteiger partial charge in [0.1, 0.15) is 6.17 Å². The number of allylic oxidation sites excluding steroid dienone is 1. The average molecular weight is 518 g/mol. The van der Waals surface area contributed by atoms with E-state index >= 15 is 0 Å². The fourth-order valence-electron chi connectivity index (χ4n) is 5.77. The Kier molecular flexibility index (Phi) is 5.82. The van der Waals surface area contributed by atoms with Crippen LogP contribution in [-0.2, 0) is 6.54 Å². The monoisotopic (exact) mass is 517 g/mol. The van der Waals surface area contributed by atoms with Crippen LogP contribution in [0.5, 0.6) is 0 Å². The minimum atomic E-state index is -0.140. The Labute approximate surface area is 227 Å². The van der Waals surface area contributed by atoms with Crippen molar-refractivity contribution in [2.24, 2.45) is 0 Å². The second kappa shape index (κ2) is 9.63. The second-order valence-electron chi connectivity index (χ2n) is 10.4. The summed E-state index contributed by atoms with van der Waals surface area (Å²) in [6.45, 7) is 4.61. The maximum Gasteiger partial charge on any atom is 0.254 e. The Morgan fingerprint density at radius 3 is 2.56 bits per heavy atom. The summed E-state index contributed by atoms with van der Waals surface area (Å²) in [7, 11) is 2.16. The number of amides is 1. The third-order valence-electron chi connectivity index (χ3n) is 7.89. The molecule has 3 aliphatic heterocycles. The molecule has 1 atom stereocenters. The number of aromatic nitrogens is 2. The Bertz CT molecular complexity index is 1610. The van der Waals surface area contributed by atoms with Gasteiger partial charge in [0.2, 0.25) is 0 Å². The van der Waals surface area contributed by atoms with Gasteiger partial charge in [0.25, 0.3) is 5.91 Å². The normalized spacial score (nSPS) is 19.0. The predicted molar refractivity (Wildman–Crippen MR) is 155 cm³/mol. The van der Waals surface area contributed by atoms with Gasteiger partial charge >= 0.3 is 0 Å². The van der Waals surface area contributed by atoms with Crippen LogP contribution in [-0.4, -0.2) is 65.1 Å². The molecule has 8 nitrogen and oxygen atoms in total. The van der Waals surface area contributed by atoms with E-state index in [2.05, 4.69) is 80.4 Å². The molecule has 8 heteroatoms. The van der Waals surface area contributed by atoms with Crippen LogP contribution in [0.4, 0.5) is 5.69 Å². The Hall–Kier alpha value is -4.56. The van der Waals surface area contributed by atoms with Gasteiger partial charge in [0, 0.05) is 61.0 Å². The minimum absolute atomic E-state index is 0.0780. The lowest BCUT2D eigenvalue weighted by atomic mass is 9.96. The molecule has 0 aliphatic carbocycles. The molecule has 1 saturated heterocycles. The van der Waals surface area contributed by atoms with Crippen LogP contribution < -0.4 is 16.0 Å². The fraction of sp³-hybridized carbons (Fsp3) is 0.226. The number of nitrogens with zero attached hydrogens (tertiary/aromatic N) is 3. The van der Waals surface area contributed by atoms with Crippen molar-refractivity contribution < 1.29 is 4.79 Å². The number of carbonyl (C=O) groups excluding carboxylic acids is 1. The van der Waals surface area contributed by atoms with E-state index in [1.807, 2.05) is 30.3 Å². The lowest BCUT2D eigenvalue weighted by Crippen LogP contribution is -2.45. The van der Waals surface area contributed by atoms with Crippen molar-refractivity contribution in [3.05, 3.63) is 96.0 Å². The average Bonchev–Trinajstić information content (AvgIpc) is 3.56. The molecule has 0 bridgehead atoms. The molecule has 1 unspecified atom stereocenters. The Balaban J connectivity index is 1.22. The van der Waals surface area contributed by atoms with E-state index in [4.69, 9.17) is 4.98 Å². The largest absolute Gasteiger partial charge is 0.368 e. The minimum Gasteiger partial charge on any atom is -0.368 e. The van der Waals surface area contributed by atoms with Crippen molar-refractivity contribution >= 4 is 22.5 Å². The van der Waals surface area contributed by atoms with E-state index in [0.717, 1.165) is 70.8 Å². The first kappa shape index (κ1) is 23.5. The first-order valence-electron chi connectivity index (χ1n) is 13.5. The van der Waals surface area contributed by atoms with Crippen LogP contribution in [0.3, 0.4) is 0 Å². The number of dihydropyridines is 1. The van der Waals surface area contributed by atoms with Crippen molar-refractivity contribution in [3.8, 4) is 22.5 Å². The summed E-state index contributed by atoms with van der Waals surface area (Å²) in [5.41, 5.74) is 8.47. The molecule has 1 fully saturated rings. The van der Waals surface area contributed by atoms with Crippen molar-refractivity contribution in [3.63, 3.8) is 0 Å². The van der Waals surface area contributed by atoms with Crippen LogP contribution in [0.2, 0.25) is 0 Å². The van der Waals surface area contributed by atoms with Gasteiger partial charge in [-0.1, -0.05) is 48.5 Å². The summed E-state index contributed by atoms with van der Waals surface area (Å²) in [4.78, 5) is 26.4. The zero-order chi connectivity index (χ0) is 26.3. The summed E-state index contributed by atoms with van der Waals surface area (Å²) in [5.74, 6) is -0.0780. The van der Waals surface area contributed by atoms with Crippen molar-refractivity contribution in [2.45, 2.75) is 12.7 Å². The standard InChI is InChI=1S/C31H31N7O/c1-37-13-15-38(16-14-37)21-11-12-26(32-17-21)35-25-19-33-30(23-18-34-31(39)27(23)25)28-22-9-5-6-10-24(22)36-29(28)20-7-3-2-4-8-20/h2-12,17,19,26,32,35-36H,13-16,18H2,1H3,(H,34,39). The molecule has 0 radical (unpaired) electrons. The zero-order valence-electron chi connectivity index (χ0n) is 21.9. The number of aromatic amines is 1. The number of pyridine rings is 1. The number of benzene rings is 2. The summed E-state index contributed by atoms with van der Waals surface area (Å²) >= 11 is 0. The first-order valence-corrected chi connectivity index (χ1v) is 13.5. The first-order chi connectivity index (χ1) is 19.2. The zero-order valence-corrected chi connectivity index (χ0v) is 21.9. The molecule has 1 amide bonds. The molecule has 2 aromatic heterocycles. The van der Waals surface area contributed by atoms with E-state index in [1.165, 1.54) is 5.70 Å². The molecule has 4 aromatic rings. The number of anilines is 1. The van der Waals surface area contributed by atoms with Gasteiger partial charge < -0.3 is 30.7 Å². The highest BCUT2D eigenvalue weighted by atomic mass is 16.1. The highest BCUT2D eigenvalue weighted by Gasteiger charge is 2.30. The van der Waals surface area contributed by atoms with Crippen LogP contribution in [0.1, 0.15) is 15.9 Å². The maximum atomic E-state index is 13.1. The molecular formula is C31H31N7O. The lowest BCUT2D eigenvalue weighted by Gasteiger charge is -2.36. The van der Waals surface area contributed by atoms with Gasteiger partial charge in [-0.25, -0.2) is 0 Å². The number of piperazine rings is 1. The van der Waals surface area contributed by atoms with E-state index in [1.54, 1.807) is 6.20 Å². The van der Waals surface area contributed by atoms with E-state index in [-0.39, 0.29) is 12.1 Å². The number of rotatable bonds is 5. The van der Waals surface area contributed by atoms with E-state index in [9.17, 15) is 4.79 Å². The number of likely N-dealkylation sites (N-methyl/N-ethyl adjacent to an activating group) is 1. The smallest absolute Gasteiger partial charge is 0.254 e. The predicted octanol–water partition coefficient (Wildman–Crippen LogP) is 4.13. The van der Waals surface area contributed by atoms with Crippen LogP contribution in [0.15, 0.2) is 84.8 Å². The number of carbonyl (C=O) groups is 1. The fourth-order valence-corrected chi connectivity index (χ4v) is 5.77. The third kappa shape index (κ3) is 4.23. The molecule has 196 valence electrons. The molecule has 39 heavy (non-hydrogen) atoms. The number of fused-ring (bicyclic) bond motifs is 2. The van der Waals surface area contributed by atoms with Crippen molar-refractivity contribution in [1.29, 1.82) is 0 Å². The highest BCUT2D eigenvalue weighted by Crippen LogP contribution is 2.41. The second-order valence-corrected chi connectivity index (χ2v) is 10.4. The van der Waals surface area contributed by atoms with E-state index < -0.39 is 0 Å². The number of nitrogens with one attached hydrogen (secondary N) is 4. The molecule has 7 rings (SSSR count). The van der Waals surface area contributed by atoms with Gasteiger partial charge in [0.15, 0.2) is 0 Å². The van der Waals surface area contributed by atoms with Gasteiger partial charge in [-0.15, -0.1) is 0 Å². The van der Waals surface area contributed by atoms with Gasteiger partial charge in [-0.3, -0.25) is 9.78 Å². The SMILES string of the molecule is CN1CCN(C2=CNC(Nc3cnc(-c4c(-c5ccccc5)[nH]c5ccccc45)c4c3C(=O)NC4)C=C2)CC1. The molecule has 4 N–H and O–H groups in total. The van der Waals surface area contributed by atoms with Gasteiger partial charge in [-0.05, 0) is 30.8 Å². The van der Waals surface area contributed by atoms with E-state index in [0.29, 0.717) is 12.1 Å². The van der Waals surface area contributed by atoms with Crippen molar-refractivity contribution in [2.75, 3.05) is 38.5 Å². The van der Waals surface area contributed by atoms with Crippen LogP contribution in [0.25, 0.3) is 33.4 Å². The summed E-state index contributed by atoms with van der Waals surface area (Å²) in [6, 6.07) is 18.5. The highest BCUT2D eigenvalue weighted by molar-refractivity contribution is 6.09. The van der Waals surface area contributed by atoms with Crippen LogP contribution >= 0.6 is 0 Å². The number of hydrogen-bond acceptors (Lipinski definition) is 6. The third-order valence-corrected chi connectivity index (χ3v) is 7.89. The van der Waals surface area contributed by atoms with Crippen molar-refractivity contribution in [1.82, 2.24) is 30.4 Å². The molecular weight excluding hydrogens is 486 g/mol. The van der Waals surface area contributed by atoms with Crippen LogP contribution in [0, 0.1) is 0 Å². The molecule has 0 saturated carbocycles. The Morgan fingerprint density at radius 1 is 0.974 bits per heavy atom.